The highest BCUT2D eigenvalue weighted by molar-refractivity contribution is 5.23. The van der Waals surface area contributed by atoms with Gasteiger partial charge in [-0.25, -0.2) is 4.39 Å². The van der Waals surface area contributed by atoms with Gasteiger partial charge in [-0.2, -0.15) is 0 Å². The summed E-state index contributed by atoms with van der Waals surface area (Å²) in [6, 6.07) is 8.18. The molecule has 0 aliphatic heterocycles. The Kier molecular flexibility index (Phi) is 3.82. The molecule has 1 fully saturated rings. The van der Waals surface area contributed by atoms with Crippen molar-refractivity contribution in [3.05, 3.63) is 35.6 Å². The van der Waals surface area contributed by atoms with Crippen molar-refractivity contribution < 1.29 is 4.39 Å². The second-order valence-corrected chi connectivity index (χ2v) is 5.62. The third-order valence-corrected chi connectivity index (χ3v) is 3.98. The molecular weight excluding hydrogens is 213 g/mol. The first-order valence-corrected chi connectivity index (χ1v) is 6.57. The normalized spacial score (nSPS) is 25.7. The lowest BCUT2D eigenvalue weighted by Crippen LogP contribution is -2.46. The van der Waals surface area contributed by atoms with Crippen LogP contribution in [0, 0.1) is 11.7 Å². The van der Waals surface area contributed by atoms with Gasteiger partial charge in [-0.1, -0.05) is 26.0 Å². The number of nitrogens with one attached hydrogen (secondary N) is 1. The summed E-state index contributed by atoms with van der Waals surface area (Å²) < 4.78 is 12.8. The van der Waals surface area contributed by atoms with Crippen molar-refractivity contribution >= 4 is 0 Å². The molecule has 0 bridgehead atoms. The Balaban J connectivity index is 1.81. The third-order valence-electron chi connectivity index (χ3n) is 3.98. The number of benzene rings is 1. The number of rotatable bonds is 4. The average Bonchev–Trinajstić information content (AvgIpc) is 2.24. The standard InChI is InChI=1S/C15H22FN/c1-10(2)11(3)17-15-8-13(9-15)12-4-6-14(16)7-5-12/h4-7,10-11,13,15,17H,8-9H2,1-3H3. The SMILES string of the molecule is CC(C)C(C)NC1CC(c2ccc(F)cc2)C1. The number of hydrogen-bond acceptors (Lipinski definition) is 1. The molecule has 0 spiro atoms. The maximum absolute atomic E-state index is 12.8. The van der Waals surface area contributed by atoms with Crippen LogP contribution < -0.4 is 5.32 Å². The van der Waals surface area contributed by atoms with E-state index in [4.69, 9.17) is 0 Å². The molecule has 1 saturated carbocycles. The Morgan fingerprint density at radius 2 is 1.71 bits per heavy atom. The van der Waals surface area contributed by atoms with Gasteiger partial charge in [-0.15, -0.1) is 0 Å². The Morgan fingerprint density at radius 1 is 1.12 bits per heavy atom. The predicted molar refractivity (Wildman–Crippen MR) is 69.6 cm³/mol. The van der Waals surface area contributed by atoms with Crippen molar-refractivity contribution in [2.24, 2.45) is 5.92 Å². The van der Waals surface area contributed by atoms with Crippen LogP contribution in [-0.4, -0.2) is 12.1 Å². The van der Waals surface area contributed by atoms with Gasteiger partial charge in [0, 0.05) is 12.1 Å². The van der Waals surface area contributed by atoms with Crippen LogP contribution in [0.25, 0.3) is 0 Å². The summed E-state index contributed by atoms with van der Waals surface area (Å²) in [4.78, 5) is 0. The van der Waals surface area contributed by atoms with Crippen LogP contribution in [0.4, 0.5) is 4.39 Å². The van der Waals surface area contributed by atoms with Crippen LogP contribution in [0.3, 0.4) is 0 Å². The first-order chi connectivity index (χ1) is 8.06. The van der Waals surface area contributed by atoms with E-state index in [1.807, 2.05) is 12.1 Å². The molecule has 1 aliphatic carbocycles. The van der Waals surface area contributed by atoms with Crippen molar-refractivity contribution in [2.75, 3.05) is 0 Å². The predicted octanol–water partition coefficient (Wildman–Crippen LogP) is 3.71. The monoisotopic (exact) mass is 235 g/mol. The molecule has 17 heavy (non-hydrogen) atoms. The van der Waals surface area contributed by atoms with Crippen LogP contribution in [0.15, 0.2) is 24.3 Å². The molecular formula is C15H22FN. The molecule has 1 N–H and O–H groups in total. The minimum atomic E-state index is -0.142. The summed E-state index contributed by atoms with van der Waals surface area (Å²) in [7, 11) is 0. The molecule has 0 amide bonds. The van der Waals surface area contributed by atoms with Crippen LogP contribution in [0.1, 0.15) is 45.1 Å². The zero-order valence-electron chi connectivity index (χ0n) is 10.9. The molecule has 0 saturated heterocycles. The Labute approximate surface area is 103 Å². The molecule has 2 rings (SSSR count). The Morgan fingerprint density at radius 3 is 2.24 bits per heavy atom. The molecule has 1 unspecified atom stereocenters. The molecule has 1 aliphatic rings. The van der Waals surface area contributed by atoms with Crippen LogP contribution >= 0.6 is 0 Å². The second kappa shape index (κ2) is 5.18. The first-order valence-electron chi connectivity index (χ1n) is 6.57. The summed E-state index contributed by atoms with van der Waals surface area (Å²) in [5.41, 5.74) is 1.28. The topological polar surface area (TPSA) is 12.0 Å². The van der Waals surface area contributed by atoms with Crippen molar-refractivity contribution in [3.8, 4) is 0 Å². The molecule has 2 heteroatoms. The Bertz CT molecular complexity index is 352. The van der Waals surface area contributed by atoms with Gasteiger partial charge in [-0.3, -0.25) is 0 Å². The number of hydrogen-bond donors (Lipinski definition) is 1. The van der Waals surface area contributed by atoms with E-state index in [0.717, 1.165) is 0 Å². The van der Waals surface area contributed by atoms with E-state index in [0.29, 0.717) is 23.9 Å². The molecule has 0 radical (unpaired) electrons. The quantitative estimate of drug-likeness (QED) is 0.839. The lowest BCUT2D eigenvalue weighted by molar-refractivity contribution is 0.248. The van der Waals surface area contributed by atoms with Gasteiger partial charge in [0.2, 0.25) is 0 Å². The van der Waals surface area contributed by atoms with Gasteiger partial charge in [0.15, 0.2) is 0 Å². The zero-order valence-corrected chi connectivity index (χ0v) is 10.9. The highest BCUT2D eigenvalue weighted by Crippen LogP contribution is 2.37. The van der Waals surface area contributed by atoms with E-state index >= 15 is 0 Å². The van der Waals surface area contributed by atoms with Crippen molar-refractivity contribution in [1.82, 2.24) is 5.32 Å². The molecule has 1 aromatic rings. The largest absolute Gasteiger partial charge is 0.311 e. The van der Waals surface area contributed by atoms with E-state index in [1.165, 1.54) is 18.4 Å². The second-order valence-electron chi connectivity index (χ2n) is 5.62. The first kappa shape index (κ1) is 12.6. The van der Waals surface area contributed by atoms with Gasteiger partial charge in [0.1, 0.15) is 5.82 Å². The van der Waals surface area contributed by atoms with Gasteiger partial charge in [0.25, 0.3) is 0 Å². The van der Waals surface area contributed by atoms with E-state index in [1.54, 1.807) is 12.1 Å². The van der Waals surface area contributed by atoms with Crippen LogP contribution in [-0.2, 0) is 0 Å². The summed E-state index contributed by atoms with van der Waals surface area (Å²) in [6.07, 6.45) is 2.37. The van der Waals surface area contributed by atoms with Crippen molar-refractivity contribution in [2.45, 2.75) is 51.6 Å². The summed E-state index contributed by atoms with van der Waals surface area (Å²) >= 11 is 0. The van der Waals surface area contributed by atoms with Gasteiger partial charge < -0.3 is 5.32 Å². The highest BCUT2D eigenvalue weighted by Gasteiger charge is 2.31. The van der Waals surface area contributed by atoms with Crippen LogP contribution in [0.2, 0.25) is 0 Å². The lowest BCUT2D eigenvalue weighted by Gasteiger charge is -2.39. The maximum atomic E-state index is 12.8. The molecule has 94 valence electrons. The van der Waals surface area contributed by atoms with Gasteiger partial charge in [0.05, 0.1) is 0 Å². The molecule has 1 nitrogen and oxygen atoms in total. The third kappa shape index (κ3) is 3.06. The minimum Gasteiger partial charge on any atom is -0.311 e. The van der Waals surface area contributed by atoms with E-state index < -0.39 is 0 Å². The van der Waals surface area contributed by atoms with Gasteiger partial charge in [-0.05, 0) is 49.3 Å². The van der Waals surface area contributed by atoms with E-state index in [2.05, 4.69) is 26.1 Å². The van der Waals surface area contributed by atoms with Crippen LogP contribution in [0.5, 0.6) is 0 Å². The highest BCUT2D eigenvalue weighted by atomic mass is 19.1. The molecule has 1 aromatic carbocycles. The van der Waals surface area contributed by atoms with E-state index in [9.17, 15) is 4.39 Å². The summed E-state index contributed by atoms with van der Waals surface area (Å²) in [5.74, 6) is 1.16. The zero-order chi connectivity index (χ0) is 12.4. The molecule has 0 heterocycles. The van der Waals surface area contributed by atoms with E-state index in [-0.39, 0.29) is 5.82 Å². The summed E-state index contributed by atoms with van der Waals surface area (Å²) in [5, 5.41) is 3.65. The molecule has 1 atom stereocenters. The van der Waals surface area contributed by atoms with Crippen molar-refractivity contribution in [1.29, 1.82) is 0 Å². The minimum absolute atomic E-state index is 0.142. The molecule has 0 aromatic heterocycles. The lowest BCUT2D eigenvalue weighted by atomic mass is 9.75. The van der Waals surface area contributed by atoms with Gasteiger partial charge >= 0.3 is 0 Å². The summed E-state index contributed by atoms with van der Waals surface area (Å²) in [6.45, 7) is 6.73. The maximum Gasteiger partial charge on any atom is 0.123 e. The fraction of sp³-hybridized carbons (Fsp3) is 0.600. The van der Waals surface area contributed by atoms with Crippen molar-refractivity contribution in [3.63, 3.8) is 0 Å². The number of halogens is 1. The fourth-order valence-electron chi connectivity index (χ4n) is 2.33. The smallest absolute Gasteiger partial charge is 0.123 e. The fourth-order valence-corrected chi connectivity index (χ4v) is 2.33. The average molecular weight is 235 g/mol. The Hall–Kier alpha value is -0.890.